The first-order valence-corrected chi connectivity index (χ1v) is 9.98. The van der Waals surface area contributed by atoms with Crippen LogP contribution in [0.5, 0.6) is 0 Å². The minimum absolute atomic E-state index is 0.346. The molecule has 1 aromatic rings. The fraction of sp³-hybridized carbons (Fsp3) is 0.733. The molecule has 1 N–H and O–H groups in total. The molecule has 2 heterocycles. The quantitative estimate of drug-likeness (QED) is 0.872. The summed E-state index contributed by atoms with van der Waals surface area (Å²) in [6.07, 6.45) is 2.04. The molecule has 0 radical (unpaired) electrons. The fourth-order valence-electron chi connectivity index (χ4n) is 2.73. The SMILES string of the molecule is CCC1CCN(S(=O)(=O)c2c(C)csc2CNC(C)C)C1. The monoisotopic (exact) mass is 330 g/mol. The fourth-order valence-corrected chi connectivity index (χ4v) is 5.97. The van der Waals surface area contributed by atoms with Crippen LogP contribution in [0.1, 0.15) is 44.1 Å². The van der Waals surface area contributed by atoms with Gasteiger partial charge in [-0.2, -0.15) is 4.31 Å². The molecule has 6 heteroatoms. The Bertz CT molecular complexity index is 578. The summed E-state index contributed by atoms with van der Waals surface area (Å²) in [7, 11) is -3.34. The molecular formula is C15H26N2O2S2. The summed E-state index contributed by atoms with van der Waals surface area (Å²) in [4.78, 5) is 1.47. The van der Waals surface area contributed by atoms with Crippen molar-refractivity contribution in [3.63, 3.8) is 0 Å². The Morgan fingerprint density at radius 2 is 2.19 bits per heavy atom. The highest BCUT2D eigenvalue weighted by molar-refractivity contribution is 7.89. The van der Waals surface area contributed by atoms with Crippen LogP contribution < -0.4 is 5.32 Å². The van der Waals surface area contributed by atoms with Crippen LogP contribution in [0.2, 0.25) is 0 Å². The second kappa shape index (κ2) is 6.77. The second-order valence-corrected chi connectivity index (χ2v) is 8.97. The maximum absolute atomic E-state index is 12.9. The molecule has 1 fully saturated rings. The summed E-state index contributed by atoms with van der Waals surface area (Å²) in [5.41, 5.74) is 0.875. The Kier molecular flexibility index (Phi) is 5.46. The average molecular weight is 331 g/mol. The van der Waals surface area contributed by atoms with Crippen LogP contribution in [0.3, 0.4) is 0 Å². The van der Waals surface area contributed by atoms with E-state index in [1.165, 1.54) is 0 Å². The molecule has 120 valence electrons. The number of rotatable bonds is 6. The van der Waals surface area contributed by atoms with Crippen molar-refractivity contribution in [3.05, 3.63) is 15.8 Å². The van der Waals surface area contributed by atoms with E-state index >= 15 is 0 Å². The van der Waals surface area contributed by atoms with E-state index in [0.717, 1.165) is 23.3 Å². The lowest BCUT2D eigenvalue weighted by Crippen LogP contribution is -2.30. The van der Waals surface area contributed by atoms with E-state index in [9.17, 15) is 8.42 Å². The molecule has 0 aromatic carbocycles. The molecule has 2 rings (SSSR count). The summed E-state index contributed by atoms with van der Waals surface area (Å²) in [5, 5.41) is 5.28. The van der Waals surface area contributed by atoms with Gasteiger partial charge >= 0.3 is 0 Å². The predicted octanol–water partition coefficient (Wildman–Crippen LogP) is 2.98. The average Bonchev–Trinajstić information content (AvgIpc) is 3.03. The Morgan fingerprint density at radius 3 is 2.76 bits per heavy atom. The van der Waals surface area contributed by atoms with Gasteiger partial charge in [0.05, 0.1) is 0 Å². The van der Waals surface area contributed by atoms with Crippen LogP contribution in [0.25, 0.3) is 0 Å². The summed E-state index contributed by atoms with van der Waals surface area (Å²) < 4.78 is 27.6. The number of thiophene rings is 1. The van der Waals surface area contributed by atoms with Crippen molar-refractivity contribution in [1.29, 1.82) is 0 Å². The van der Waals surface area contributed by atoms with Crippen molar-refractivity contribution >= 4 is 21.4 Å². The van der Waals surface area contributed by atoms with Gasteiger partial charge in [-0.15, -0.1) is 11.3 Å². The third kappa shape index (κ3) is 3.67. The first kappa shape index (κ1) is 16.9. The number of aryl methyl sites for hydroxylation is 1. The first-order chi connectivity index (χ1) is 9.86. The second-order valence-electron chi connectivity index (χ2n) is 6.13. The third-order valence-electron chi connectivity index (χ3n) is 4.08. The van der Waals surface area contributed by atoms with E-state index in [0.29, 0.717) is 36.5 Å². The smallest absolute Gasteiger partial charge is 0.244 e. The molecule has 1 aliphatic heterocycles. The molecule has 1 saturated heterocycles. The van der Waals surface area contributed by atoms with Gasteiger partial charge in [0.15, 0.2) is 0 Å². The number of hydrogen-bond acceptors (Lipinski definition) is 4. The largest absolute Gasteiger partial charge is 0.310 e. The van der Waals surface area contributed by atoms with Gasteiger partial charge < -0.3 is 5.32 Å². The maximum Gasteiger partial charge on any atom is 0.244 e. The molecule has 0 spiro atoms. The Labute approximate surface area is 132 Å². The van der Waals surface area contributed by atoms with Crippen molar-refractivity contribution in [3.8, 4) is 0 Å². The van der Waals surface area contributed by atoms with Gasteiger partial charge in [-0.05, 0) is 30.2 Å². The zero-order chi connectivity index (χ0) is 15.6. The molecule has 0 bridgehead atoms. The summed E-state index contributed by atoms with van der Waals surface area (Å²) >= 11 is 1.54. The molecule has 0 saturated carbocycles. The van der Waals surface area contributed by atoms with Crippen molar-refractivity contribution in [1.82, 2.24) is 9.62 Å². The van der Waals surface area contributed by atoms with Gasteiger partial charge in [0.1, 0.15) is 4.90 Å². The molecule has 4 nitrogen and oxygen atoms in total. The zero-order valence-corrected chi connectivity index (χ0v) is 15.0. The zero-order valence-electron chi connectivity index (χ0n) is 13.3. The number of hydrogen-bond donors (Lipinski definition) is 1. The van der Waals surface area contributed by atoms with Gasteiger partial charge in [0.25, 0.3) is 0 Å². The lowest BCUT2D eigenvalue weighted by molar-refractivity contribution is 0.451. The van der Waals surface area contributed by atoms with E-state index in [-0.39, 0.29) is 0 Å². The highest BCUT2D eigenvalue weighted by Crippen LogP contribution is 2.32. The van der Waals surface area contributed by atoms with Crippen molar-refractivity contribution < 1.29 is 8.42 Å². The van der Waals surface area contributed by atoms with Crippen LogP contribution in [0.4, 0.5) is 0 Å². The highest BCUT2D eigenvalue weighted by atomic mass is 32.2. The number of nitrogens with zero attached hydrogens (tertiary/aromatic N) is 1. The minimum Gasteiger partial charge on any atom is -0.310 e. The molecular weight excluding hydrogens is 304 g/mol. The number of sulfonamides is 1. The maximum atomic E-state index is 12.9. The molecule has 0 amide bonds. The van der Waals surface area contributed by atoms with E-state index < -0.39 is 10.0 Å². The summed E-state index contributed by atoms with van der Waals surface area (Å²) in [5.74, 6) is 0.510. The van der Waals surface area contributed by atoms with Crippen molar-refractivity contribution in [2.24, 2.45) is 5.92 Å². The summed E-state index contributed by atoms with van der Waals surface area (Å²) in [6, 6.07) is 0.346. The molecule has 0 aliphatic carbocycles. The standard InChI is InChI=1S/C15H26N2O2S2/c1-5-13-6-7-17(9-13)21(18,19)15-12(4)10-20-14(15)8-16-11(2)3/h10-11,13,16H,5-9H2,1-4H3. The van der Waals surface area contributed by atoms with E-state index in [1.807, 2.05) is 12.3 Å². The van der Waals surface area contributed by atoms with Gasteiger partial charge in [-0.1, -0.05) is 27.2 Å². The highest BCUT2D eigenvalue weighted by Gasteiger charge is 2.34. The van der Waals surface area contributed by atoms with Gasteiger partial charge in [-0.3, -0.25) is 0 Å². The van der Waals surface area contributed by atoms with Crippen LogP contribution in [-0.4, -0.2) is 31.9 Å². The van der Waals surface area contributed by atoms with Crippen molar-refractivity contribution in [2.75, 3.05) is 13.1 Å². The van der Waals surface area contributed by atoms with Crippen molar-refractivity contribution in [2.45, 2.75) is 58.0 Å². The Morgan fingerprint density at radius 1 is 1.48 bits per heavy atom. The molecule has 1 aliphatic rings. The third-order valence-corrected chi connectivity index (χ3v) is 7.41. The lowest BCUT2D eigenvalue weighted by Gasteiger charge is -2.18. The first-order valence-electron chi connectivity index (χ1n) is 7.66. The topological polar surface area (TPSA) is 49.4 Å². The minimum atomic E-state index is -3.34. The van der Waals surface area contributed by atoms with E-state index in [2.05, 4.69) is 26.1 Å². The lowest BCUT2D eigenvalue weighted by atomic mass is 10.1. The Hall–Kier alpha value is -0.430. The molecule has 21 heavy (non-hydrogen) atoms. The van der Waals surface area contributed by atoms with Gasteiger partial charge in [0.2, 0.25) is 10.0 Å². The molecule has 1 atom stereocenters. The molecule has 1 aromatic heterocycles. The molecule has 1 unspecified atom stereocenters. The van der Waals surface area contributed by atoms with E-state index in [4.69, 9.17) is 0 Å². The summed E-state index contributed by atoms with van der Waals surface area (Å²) in [6.45, 7) is 10.1. The Balaban J connectivity index is 2.25. The van der Waals surface area contributed by atoms with E-state index in [1.54, 1.807) is 15.6 Å². The van der Waals surface area contributed by atoms with Crippen LogP contribution in [0.15, 0.2) is 10.3 Å². The van der Waals surface area contributed by atoms with Crippen LogP contribution in [-0.2, 0) is 16.6 Å². The van der Waals surface area contributed by atoms with Crippen LogP contribution in [0, 0.1) is 12.8 Å². The predicted molar refractivity (Wildman–Crippen MR) is 88.2 cm³/mol. The van der Waals surface area contributed by atoms with Gasteiger partial charge in [-0.25, -0.2) is 8.42 Å². The number of nitrogens with one attached hydrogen (secondary N) is 1. The normalized spacial score (nSPS) is 20.5. The van der Waals surface area contributed by atoms with Gasteiger partial charge in [0, 0.05) is 30.6 Å². The van der Waals surface area contributed by atoms with Crippen LogP contribution >= 0.6 is 11.3 Å².